The van der Waals surface area contributed by atoms with Crippen molar-refractivity contribution in [3.8, 4) is 0 Å². The Morgan fingerprint density at radius 2 is 1.92 bits per heavy atom. The number of carbonyl (C=O) groups is 2. The molecule has 3 amide bonds. The van der Waals surface area contributed by atoms with Gasteiger partial charge in [0.15, 0.2) is 0 Å². The van der Waals surface area contributed by atoms with Crippen LogP contribution in [-0.4, -0.2) is 36.2 Å². The first-order chi connectivity index (χ1) is 11.8. The lowest BCUT2D eigenvalue weighted by molar-refractivity contribution is 0.0157. The lowest BCUT2D eigenvalue weighted by Crippen LogP contribution is -2.43. The number of hydrogen-bond donors (Lipinski definition) is 3. The molecule has 6 nitrogen and oxygen atoms in total. The van der Waals surface area contributed by atoms with Crippen LogP contribution in [0.15, 0.2) is 24.3 Å². The van der Waals surface area contributed by atoms with Gasteiger partial charge in [0.2, 0.25) is 0 Å². The van der Waals surface area contributed by atoms with Crippen molar-refractivity contribution in [2.75, 3.05) is 11.9 Å². The average Bonchev–Trinajstić information content (AvgIpc) is 2.55. The first-order valence-electron chi connectivity index (χ1n) is 8.91. The van der Waals surface area contributed by atoms with Gasteiger partial charge in [0.1, 0.15) is 0 Å². The minimum atomic E-state index is -0.241. The van der Waals surface area contributed by atoms with Crippen LogP contribution < -0.4 is 16.0 Å². The highest BCUT2D eigenvalue weighted by atomic mass is 16.5. The Balaban J connectivity index is 1.87. The Morgan fingerprint density at radius 1 is 1.24 bits per heavy atom. The largest absolute Gasteiger partial charge is 0.378 e. The maximum atomic E-state index is 12.2. The second-order valence-corrected chi connectivity index (χ2v) is 7.27. The molecule has 1 fully saturated rings. The van der Waals surface area contributed by atoms with E-state index in [1.54, 1.807) is 24.3 Å². The van der Waals surface area contributed by atoms with Gasteiger partial charge in [0.25, 0.3) is 5.91 Å². The van der Waals surface area contributed by atoms with Crippen molar-refractivity contribution in [3.63, 3.8) is 0 Å². The summed E-state index contributed by atoms with van der Waals surface area (Å²) < 4.78 is 5.48. The van der Waals surface area contributed by atoms with Crippen LogP contribution in [0, 0.1) is 0 Å². The molecule has 0 aliphatic carbocycles. The zero-order valence-corrected chi connectivity index (χ0v) is 15.5. The van der Waals surface area contributed by atoms with E-state index in [-0.39, 0.29) is 29.6 Å². The number of ether oxygens (including phenoxy) is 1. The van der Waals surface area contributed by atoms with E-state index in [2.05, 4.69) is 16.0 Å². The normalized spacial score (nSPS) is 20.6. The molecule has 1 saturated heterocycles. The Hall–Kier alpha value is -2.08. The van der Waals surface area contributed by atoms with E-state index in [9.17, 15) is 9.59 Å². The molecular formula is C19H29N3O3. The first kappa shape index (κ1) is 19.2. The summed E-state index contributed by atoms with van der Waals surface area (Å²) in [7, 11) is 0. The van der Waals surface area contributed by atoms with Gasteiger partial charge in [-0.3, -0.25) is 4.79 Å². The molecule has 6 heteroatoms. The Kier molecular flexibility index (Phi) is 6.42. The zero-order valence-electron chi connectivity index (χ0n) is 15.5. The van der Waals surface area contributed by atoms with Crippen LogP contribution in [0.4, 0.5) is 10.5 Å². The molecule has 2 rings (SSSR count). The summed E-state index contributed by atoms with van der Waals surface area (Å²) in [5, 5.41) is 8.76. The Labute approximate surface area is 149 Å². The number of carbonyl (C=O) groups excluding carboxylic acids is 2. The van der Waals surface area contributed by atoms with E-state index >= 15 is 0 Å². The molecule has 25 heavy (non-hydrogen) atoms. The van der Waals surface area contributed by atoms with Crippen LogP contribution in [0.2, 0.25) is 0 Å². The summed E-state index contributed by atoms with van der Waals surface area (Å²) in [5.74, 6) is -0.112. The van der Waals surface area contributed by atoms with Crippen LogP contribution in [0.5, 0.6) is 0 Å². The van der Waals surface area contributed by atoms with E-state index in [1.807, 2.05) is 27.7 Å². The summed E-state index contributed by atoms with van der Waals surface area (Å²) >= 11 is 0. The van der Waals surface area contributed by atoms with Crippen molar-refractivity contribution >= 4 is 17.6 Å². The first-order valence-corrected chi connectivity index (χ1v) is 8.91. The molecule has 1 aliphatic rings. The van der Waals surface area contributed by atoms with Gasteiger partial charge in [0.05, 0.1) is 6.10 Å². The smallest absolute Gasteiger partial charge is 0.319 e. The number of urea groups is 1. The van der Waals surface area contributed by atoms with Gasteiger partial charge in [-0.1, -0.05) is 6.92 Å². The minimum Gasteiger partial charge on any atom is -0.378 e. The standard InChI is InChI=1S/C19H29N3O3/c1-5-19(3,4)22-17(23)14-6-8-15(9-7-14)20-18(24)21-16-10-11-25-13(2)12-16/h6-9,13,16H,5,10-12H2,1-4H3,(H,22,23)(H2,20,21,24). The number of rotatable bonds is 5. The second-order valence-electron chi connectivity index (χ2n) is 7.27. The monoisotopic (exact) mass is 347 g/mol. The van der Waals surface area contributed by atoms with Gasteiger partial charge in [-0.15, -0.1) is 0 Å². The van der Waals surface area contributed by atoms with Crippen molar-refractivity contribution in [2.24, 2.45) is 0 Å². The number of benzene rings is 1. The maximum absolute atomic E-state index is 12.2. The van der Waals surface area contributed by atoms with Gasteiger partial charge in [-0.05, 0) is 64.3 Å². The van der Waals surface area contributed by atoms with Crippen LogP contribution in [0.1, 0.15) is 57.3 Å². The molecule has 1 aliphatic heterocycles. The summed E-state index contributed by atoms with van der Waals surface area (Å²) in [6.45, 7) is 8.69. The Bertz CT molecular complexity index is 598. The number of hydrogen-bond acceptors (Lipinski definition) is 3. The average molecular weight is 347 g/mol. The van der Waals surface area contributed by atoms with E-state index in [0.717, 1.165) is 19.3 Å². The summed E-state index contributed by atoms with van der Waals surface area (Å²) in [6.07, 6.45) is 2.66. The van der Waals surface area contributed by atoms with E-state index < -0.39 is 0 Å². The van der Waals surface area contributed by atoms with Crippen LogP contribution >= 0.6 is 0 Å². The van der Waals surface area contributed by atoms with Gasteiger partial charge in [-0.25, -0.2) is 4.79 Å². The molecule has 3 N–H and O–H groups in total. The minimum absolute atomic E-state index is 0.112. The number of anilines is 1. The van der Waals surface area contributed by atoms with E-state index in [0.29, 0.717) is 17.9 Å². The molecule has 0 radical (unpaired) electrons. The lowest BCUT2D eigenvalue weighted by Gasteiger charge is -2.27. The molecular weight excluding hydrogens is 318 g/mol. The van der Waals surface area contributed by atoms with E-state index in [1.165, 1.54) is 0 Å². The van der Waals surface area contributed by atoms with Crippen molar-refractivity contribution in [3.05, 3.63) is 29.8 Å². The third kappa shape index (κ3) is 6.05. The fraction of sp³-hybridized carbons (Fsp3) is 0.579. The summed E-state index contributed by atoms with van der Waals surface area (Å²) in [6, 6.07) is 6.80. The molecule has 0 bridgehead atoms. The lowest BCUT2D eigenvalue weighted by atomic mass is 10.0. The third-order valence-corrected chi connectivity index (χ3v) is 4.56. The van der Waals surface area contributed by atoms with Gasteiger partial charge in [-0.2, -0.15) is 0 Å². The Morgan fingerprint density at radius 3 is 2.52 bits per heavy atom. The van der Waals surface area contributed by atoms with Gasteiger partial charge >= 0.3 is 6.03 Å². The van der Waals surface area contributed by atoms with Gasteiger partial charge < -0.3 is 20.7 Å². The fourth-order valence-corrected chi connectivity index (χ4v) is 2.65. The SMILES string of the molecule is CCC(C)(C)NC(=O)c1ccc(NC(=O)NC2CCOC(C)C2)cc1. The zero-order chi connectivity index (χ0) is 18.4. The second kappa shape index (κ2) is 8.34. The van der Waals surface area contributed by atoms with E-state index in [4.69, 9.17) is 4.74 Å². The van der Waals surface area contributed by atoms with Crippen LogP contribution in [0.3, 0.4) is 0 Å². The molecule has 2 unspecified atom stereocenters. The van der Waals surface area contributed by atoms with Crippen molar-refractivity contribution in [2.45, 2.75) is 64.6 Å². The molecule has 0 aromatic heterocycles. The summed E-state index contributed by atoms with van der Waals surface area (Å²) in [5.41, 5.74) is 0.990. The third-order valence-electron chi connectivity index (χ3n) is 4.56. The van der Waals surface area contributed by atoms with Crippen molar-refractivity contribution < 1.29 is 14.3 Å². The topological polar surface area (TPSA) is 79.5 Å². The van der Waals surface area contributed by atoms with Crippen molar-refractivity contribution in [1.29, 1.82) is 0 Å². The highest BCUT2D eigenvalue weighted by molar-refractivity contribution is 5.96. The fourth-order valence-electron chi connectivity index (χ4n) is 2.65. The maximum Gasteiger partial charge on any atom is 0.319 e. The number of amides is 3. The highest BCUT2D eigenvalue weighted by Gasteiger charge is 2.21. The molecule has 0 saturated carbocycles. The molecule has 1 aromatic carbocycles. The van der Waals surface area contributed by atoms with Crippen molar-refractivity contribution in [1.82, 2.24) is 10.6 Å². The molecule has 1 aromatic rings. The predicted octanol–water partition coefficient (Wildman–Crippen LogP) is 3.29. The highest BCUT2D eigenvalue weighted by Crippen LogP contribution is 2.15. The number of nitrogens with one attached hydrogen (secondary N) is 3. The molecule has 2 atom stereocenters. The van der Waals surface area contributed by atoms with Crippen LogP contribution in [0.25, 0.3) is 0 Å². The van der Waals surface area contributed by atoms with Crippen LogP contribution in [-0.2, 0) is 4.74 Å². The van der Waals surface area contributed by atoms with Gasteiger partial charge in [0, 0.05) is 29.4 Å². The molecule has 0 spiro atoms. The quantitative estimate of drug-likeness (QED) is 0.765. The predicted molar refractivity (Wildman–Crippen MR) is 98.9 cm³/mol. The molecule has 138 valence electrons. The molecule has 1 heterocycles. The summed E-state index contributed by atoms with van der Waals surface area (Å²) in [4.78, 5) is 24.3.